The predicted molar refractivity (Wildman–Crippen MR) is 61.7 cm³/mol. The van der Waals surface area contributed by atoms with Gasteiger partial charge in [-0.25, -0.2) is 0 Å². The summed E-state index contributed by atoms with van der Waals surface area (Å²) in [5.74, 6) is 1.04. The van der Waals surface area contributed by atoms with E-state index in [1.165, 1.54) is 32.1 Å². The molecule has 0 amide bonds. The summed E-state index contributed by atoms with van der Waals surface area (Å²) in [4.78, 5) is 0. The van der Waals surface area contributed by atoms with Crippen LogP contribution in [-0.4, -0.2) is 0 Å². The second-order valence-electron chi connectivity index (χ2n) is 2.74. The molecule has 78 valence electrons. The van der Waals surface area contributed by atoms with E-state index in [1.807, 2.05) is 27.7 Å². The van der Waals surface area contributed by atoms with Crippen LogP contribution >= 0.6 is 0 Å². The molecule has 0 atom stereocenters. The van der Waals surface area contributed by atoms with Crippen molar-refractivity contribution in [2.75, 3.05) is 0 Å². The molecule has 0 aromatic rings. The standard InChI is InChI=1S/C7H14.2C2H6.CH4/c1-7-5-3-2-4-6-7;2*1-2;/h7H,2-6H2,1H3;2*1-2H3;1H4. The van der Waals surface area contributed by atoms with E-state index in [1.54, 1.807) is 0 Å². The Kier molecular flexibility index (Phi) is 25.7. The first-order valence-electron chi connectivity index (χ1n) is 5.39. The molecule has 1 saturated carbocycles. The van der Waals surface area contributed by atoms with E-state index in [-0.39, 0.29) is 7.43 Å². The highest BCUT2D eigenvalue weighted by molar-refractivity contribution is 4.59. The zero-order chi connectivity index (χ0) is 9.11. The number of hydrogen-bond acceptors (Lipinski definition) is 0. The van der Waals surface area contributed by atoms with Crippen LogP contribution in [0.3, 0.4) is 0 Å². The van der Waals surface area contributed by atoms with Gasteiger partial charge in [-0.3, -0.25) is 0 Å². The zero-order valence-electron chi connectivity index (χ0n) is 9.11. The van der Waals surface area contributed by atoms with Crippen LogP contribution in [0, 0.1) is 5.92 Å². The molecule has 0 nitrogen and oxygen atoms in total. The molecule has 1 rings (SSSR count). The van der Waals surface area contributed by atoms with E-state index in [9.17, 15) is 0 Å². The van der Waals surface area contributed by atoms with Crippen LogP contribution in [0.25, 0.3) is 0 Å². The van der Waals surface area contributed by atoms with Crippen molar-refractivity contribution in [2.45, 2.75) is 74.1 Å². The molecular formula is C12H30. The molecule has 1 aliphatic rings. The minimum absolute atomic E-state index is 0. The normalized spacial score (nSPS) is 15.8. The van der Waals surface area contributed by atoms with Crippen molar-refractivity contribution in [3.05, 3.63) is 0 Å². The Morgan fingerprint density at radius 3 is 1.25 bits per heavy atom. The summed E-state index contributed by atoms with van der Waals surface area (Å²) in [7, 11) is 0. The van der Waals surface area contributed by atoms with E-state index in [0.29, 0.717) is 0 Å². The van der Waals surface area contributed by atoms with E-state index < -0.39 is 0 Å². The largest absolute Gasteiger partial charge is 0.0776 e. The first kappa shape index (κ1) is 17.9. The van der Waals surface area contributed by atoms with Crippen LogP contribution in [0.5, 0.6) is 0 Å². The molecule has 1 aliphatic carbocycles. The van der Waals surface area contributed by atoms with Gasteiger partial charge in [0.25, 0.3) is 0 Å². The molecule has 0 aliphatic heterocycles. The van der Waals surface area contributed by atoms with Crippen molar-refractivity contribution < 1.29 is 0 Å². The van der Waals surface area contributed by atoms with Crippen LogP contribution in [-0.2, 0) is 0 Å². The molecule has 0 aromatic carbocycles. The molecule has 12 heavy (non-hydrogen) atoms. The third-order valence-corrected chi connectivity index (χ3v) is 1.89. The van der Waals surface area contributed by atoms with Gasteiger partial charge in [-0.1, -0.05) is 74.1 Å². The molecule has 0 saturated heterocycles. The monoisotopic (exact) mass is 174 g/mol. The summed E-state index contributed by atoms with van der Waals surface area (Å²) < 4.78 is 0. The lowest BCUT2D eigenvalue weighted by Gasteiger charge is -2.15. The molecule has 0 heterocycles. The fourth-order valence-corrected chi connectivity index (χ4v) is 1.31. The Morgan fingerprint density at radius 1 is 0.750 bits per heavy atom. The van der Waals surface area contributed by atoms with Gasteiger partial charge >= 0.3 is 0 Å². The second kappa shape index (κ2) is 17.2. The quantitative estimate of drug-likeness (QED) is 0.469. The first-order valence-corrected chi connectivity index (χ1v) is 5.39. The highest BCUT2D eigenvalue weighted by atomic mass is 14.1. The average Bonchev–Trinajstić information content (AvgIpc) is 2.13. The SMILES string of the molecule is C.CC.CC.CC1CCCCC1. The van der Waals surface area contributed by atoms with E-state index in [0.717, 1.165) is 5.92 Å². The topological polar surface area (TPSA) is 0 Å². The lowest BCUT2D eigenvalue weighted by molar-refractivity contribution is 0.385. The summed E-state index contributed by atoms with van der Waals surface area (Å²) >= 11 is 0. The highest BCUT2D eigenvalue weighted by Crippen LogP contribution is 2.21. The third kappa shape index (κ3) is 12.7. The Morgan fingerprint density at radius 2 is 1.08 bits per heavy atom. The summed E-state index contributed by atoms with van der Waals surface area (Å²) in [5, 5.41) is 0. The third-order valence-electron chi connectivity index (χ3n) is 1.89. The molecule has 0 spiro atoms. The second-order valence-corrected chi connectivity index (χ2v) is 2.74. The molecule has 0 unspecified atom stereocenters. The van der Waals surface area contributed by atoms with E-state index in [2.05, 4.69) is 6.92 Å². The van der Waals surface area contributed by atoms with Crippen molar-refractivity contribution in [1.29, 1.82) is 0 Å². The van der Waals surface area contributed by atoms with Gasteiger partial charge in [0, 0.05) is 0 Å². The van der Waals surface area contributed by atoms with Gasteiger partial charge < -0.3 is 0 Å². The lowest BCUT2D eigenvalue weighted by atomic mass is 9.91. The minimum atomic E-state index is 0. The molecule has 0 radical (unpaired) electrons. The van der Waals surface area contributed by atoms with Crippen molar-refractivity contribution in [2.24, 2.45) is 5.92 Å². The van der Waals surface area contributed by atoms with Crippen molar-refractivity contribution in [1.82, 2.24) is 0 Å². The summed E-state index contributed by atoms with van der Waals surface area (Å²) in [6.45, 7) is 10.4. The molecule has 0 aromatic heterocycles. The minimum Gasteiger partial charge on any atom is -0.0776 e. The molecule has 0 N–H and O–H groups in total. The van der Waals surface area contributed by atoms with Gasteiger partial charge in [0.15, 0.2) is 0 Å². The molecule has 0 heteroatoms. The lowest BCUT2D eigenvalue weighted by Crippen LogP contribution is -1.99. The Bertz CT molecular complexity index is 42.0. The van der Waals surface area contributed by atoms with Crippen LogP contribution < -0.4 is 0 Å². The van der Waals surface area contributed by atoms with Gasteiger partial charge in [-0.15, -0.1) is 0 Å². The highest BCUT2D eigenvalue weighted by Gasteiger charge is 2.05. The summed E-state index contributed by atoms with van der Waals surface area (Å²) in [6.07, 6.45) is 7.44. The van der Waals surface area contributed by atoms with Gasteiger partial charge in [-0.2, -0.15) is 0 Å². The van der Waals surface area contributed by atoms with Gasteiger partial charge in [0.2, 0.25) is 0 Å². The van der Waals surface area contributed by atoms with Gasteiger partial charge in [0.05, 0.1) is 0 Å². The fraction of sp³-hybridized carbons (Fsp3) is 1.00. The van der Waals surface area contributed by atoms with Gasteiger partial charge in [0.1, 0.15) is 0 Å². The average molecular weight is 174 g/mol. The van der Waals surface area contributed by atoms with Crippen molar-refractivity contribution >= 4 is 0 Å². The maximum Gasteiger partial charge on any atom is -0.0443 e. The molecule has 0 bridgehead atoms. The Hall–Kier alpha value is 0. The van der Waals surface area contributed by atoms with Crippen LogP contribution in [0.2, 0.25) is 0 Å². The first-order chi connectivity index (χ1) is 5.39. The van der Waals surface area contributed by atoms with Crippen LogP contribution in [0.15, 0.2) is 0 Å². The smallest absolute Gasteiger partial charge is 0.0443 e. The summed E-state index contributed by atoms with van der Waals surface area (Å²) in [5.41, 5.74) is 0. The van der Waals surface area contributed by atoms with Crippen LogP contribution in [0.1, 0.15) is 74.1 Å². The number of rotatable bonds is 0. The van der Waals surface area contributed by atoms with Crippen molar-refractivity contribution in [3.8, 4) is 0 Å². The van der Waals surface area contributed by atoms with E-state index in [4.69, 9.17) is 0 Å². The predicted octanol–water partition coefficient (Wildman–Crippen LogP) is 5.28. The number of hydrogen-bond donors (Lipinski definition) is 0. The summed E-state index contributed by atoms with van der Waals surface area (Å²) in [6, 6.07) is 0. The fourth-order valence-electron chi connectivity index (χ4n) is 1.31. The van der Waals surface area contributed by atoms with E-state index >= 15 is 0 Å². The van der Waals surface area contributed by atoms with Crippen LogP contribution in [0.4, 0.5) is 0 Å². The zero-order valence-corrected chi connectivity index (χ0v) is 9.11. The Balaban J connectivity index is -0.000000144. The van der Waals surface area contributed by atoms with Crippen molar-refractivity contribution in [3.63, 3.8) is 0 Å². The maximum atomic E-state index is 2.36. The molecular weight excluding hydrogens is 144 g/mol. The Labute approximate surface area is 80.8 Å². The van der Waals surface area contributed by atoms with Gasteiger partial charge in [-0.05, 0) is 5.92 Å². The molecule has 1 fully saturated rings. The maximum absolute atomic E-state index is 2.36.